The van der Waals surface area contributed by atoms with Crippen molar-refractivity contribution in [2.24, 2.45) is 11.5 Å². The van der Waals surface area contributed by atoms with Crippen LogP contribution in [0.1, 0.15) is 39.0 Å². The molecule has 0 aromatic rings. The highest BCUT2D eigenvalue weighted by Gasteiger charge is 2.36. The van der Waals surface area contributed by atoms with E-state index in [0.29, 0.717) is 38.8 Å². The highest BCUT2D eigenvalue weighted by molar-refractivity contribution is 7.88. The van der Waals surface area contributed by atoms with Gasteiger partial charge in [0.1, 0.15) is 24.2 Å². The van der Waals surface area contributed by atoms with Crippen LogP contribution in [-0.2, 0) is 29.2 Å². The Morgan fingerprint density at radius 2 is 1.75 bits per heavy atom. The van der Waals surface area contributed by atoms with Gasteiger partial charge in [0.05, 0.1) is 12.9 Å². The molecule has 13 nitrogen and oxygen atoms in total. The minimum Gasteiger partial charge on any atom is -0.394 e. The van der Waals surface area contributed by atoms with Crippen LogP contribution in [0.15, 0.2) is 0 Å². The molecule has 14 heteroatoms. The summed E-state index contributed by atoms with van der Waals surface area (Å²) in [6, 6.07) is -4.35. The Hall–Kier alpha value is -2.29. The van der Waals surface area contributed by atoms with Gasteiger partial charge in [0.2, 0.25) is 33.7 Å². The van der Waals surface area contributed by atoms with E-state index in [-0.39, 0.29) is 6.42 Å². The number of aliphatic hydroxyl groups is 1. The molecule has 4 atom stereocenters. The third-order valence-corrected chi connectivity index (χ3v) is 5.74. The summed E-state index contributed by atoms with van der Waals surface area (Å²) in [7, 11) is -3.71. The van der Waals surface area contributed by atoms with Crippen LogP contribution in [0.3, 0.4) is 0 Å². The number of amides is 4. The van der Waals surface area contributed by atoms with Crippen LogP contribution >= 0.6 is 0 Å². The maximum atomic E-state index is 12.6. The maximum absolute atomic E-state index is 12.6. The summed E-state index contributed by atoms with van der Waals surface area (Å²) >= 11 is 0. The van der Waals surface area contributed by atoms with Gasteiger partial charge in [-0.2, -0.15) is 0 Å². The molecule has 0 unspecified atom stereocenters. The fraction of sp³-hybridized carbons (Fsp3) is 0.778. The Bertz CT molecular complexity index is 791. The molecule has 1 saturated heterocycles. The highest BCUT2D eigenvalue weighted by atomic mass is 32.2. The Labute approximate surface area is 187 Å². The standard InChI is InChI=1S/C18H34N6O7S/c1-11(18(29)24-9-5-7-14(24)15(20)26)21-17(28)13(10-25)22-16(27)12(6-3-4-8-19)23-32(2,30)31/h11-14,23,25H,3-10,19H2,1-2H3,(H2,20,26)(H,21,28)(H,22,27)/t11-,12+,13-,14-/m0/s1. The van der Waals surface area contributed by atoms with E-state index >= 15 is 0 Å². The molecule has 0 spiro atoms. The molecule has 1 aliphatic rings. The van der Waals surface area contributed by atoms with Crippen molar-refractivity contribution in [3.05, 3.63) is 0 Å². The zero-order valence-electron chi connectivity index (χ0n) is 18.4. The van der Waals surface area contributed by atoms with E-state index in [9.17, 15) is 32.7 Å². The van der Waals surface area contributed by atoms with Gasteiger partial charge < -0.3 is 32.1 Å². The molecule has 0 aromatic heterocycles. The number of nitrogens with two attached hydrogens (primary N) is 2. The molecule has 0 aliphatic carbocycles. The van der Waals surface area contributed by atoms with Crippen molar-refractivity contribution in [3.63, 3.8) is 0 Å². The fourth-order valence-corrected chi connectivity index (χ4v) is 4.15. The number of hydrogen-bond donors (Lipinski definition) is 6. The molecular formula is C18H34N6O7S. The first-order chi connectivity index (χ1) is 14.9. The topological polar surface area (TPSA) is 214 Å². The van der Waals surface area contributed by atoms with Gasteiger partial charge in [0.25, 0.3) is 0 Å². The van der Waals surface area contributed by atoms with Crippen molar-refractivity contribution < 1.29 is 32.7 Å². The van der Waals surface area contributed by atoms with Crippen LogP contribution in [0.25, 0.3) is 0 Å². The summed E-state index contributed by atoms with van der Waals surface area (Å²) in [5.41, 5.74) is 10.7. The highest BCUT2D eigenvalue weighted by Crippen LogP contribution is 2.18. The van der Waals surface area contributed by atoms with Gasteiger partial charge in [-0.05, 0) is 39.2 Å². The molecule has 1 heterocycles. The van der Waals surface area contributed by atoms with Crippen LogP contribution in [0.4, 0.5) is 0 Å². The average molecular weight is 479 g/mol. The number of carbonyl (C=O) groups is 4. The molecule has 4 amide bonds. The van der Waals surface area contributed by atoms with Gasteiger partial charge in [-0.1, -0.05) is 6.42 Å². The number of aliphatic hydroxyl groups excluding tert-OH is 1. The van der Waals surface area contributed by atoms with Gasteiger partial charge in [-0.25, -0.2) is 13.1 Å². The summed E-state index contributed by atoms with van der Waals surface area (Å²) < 4.78 is 25.3. The summed E-state index contributed by atoms with van der Waals surface area (Å²) in [6.07, 6.45) is 3.13. The van der Waals surface area contributed by atoms with Crippen molar-refractivity contribution in [2.45, 2.75) is 63.2 Å². The molecule has 0 aromatic carbocycles. The lowest BCUT2D eigenvalue weighted by atomic mass is 10.1. The number of nitrogens with zero attached hydrogens (tertiary/aromatic N) is 1. The van der Waals surface area contributed by atoms with Crippen molar-refractivity contribution in [1.29, 1.82) is 0 Å². The first-order valence-electron chi connectivity index (χ1n) is 10.4. The van der Waals surface area contributed by atoms with Crippen LogP contribution in [0, 0.1) is 0 Å². The normalized spacial score (nSPS) is 19.1. The largest absolute Gasteiger partial charge is 0.394 e. The van der Waals surface area contributed by atoms with E-state index in [2.05, 4.69) is 15.4 Å². The van der Waals surface area contributed by atoms with Crippen LogP contribution in [0.2, 0.25) is 0 Å². The van der Waals surface area contributed by atoms with Crippen molar-refractivity contribution in [2.75, 3.05) is 26.0 Å². The molecule has 1 rings (SSSR count). The summed E-state index contributed by atoms with van der Waals surface area (Å²) in [5, 5.41) is 14.3. The summed E-state index contributed by atoms with van der Waals surface area (Å²) in [4.78, 5) is 50.5. The number of primary amides is 1. The van der Waals surface area contributed by atoms with Crippen molar-refractivity contribution >= 4 is 33.7 Å². The second-order valence-corrected chi connectivity index (χ2v) is 9.57. The minimum absolute atomic E-state index is 0.147. The molecule has 184 valence electrons. The quantitative estimate of drug-likeness (QED) is 0.146. The Morgan fingerprint density at radius 1 is 1.12 bits per heavy atom. The number of sulfonamides is 1. The second kappa shape index (κ2) is 12.7. The van der Waals surface area contributed by atoms with Crippen molar-refractivity contribution in [1.82, 2.24) is 20.3 Å². The number of rotatable bonds is 13. The summed E-state index contributed by atoms with van der Waals surface area (Å²) in [6.45, 7) is 1.33. The predicted molar refractivity (Wildman–Crippen MR) is 115 cm³/mol. The average Bonchev–Trinajstić information content (AvgIpc) is 3.19. The van der Waals surface area contributed by atoms with Crippen LogP contribution in [-0.4, -0.2) is 92.2 Å². The smallest absolute Gasteiger partial charge is 0.245 e. The van der Waals surface area contributed by atoms with Crippen LogP contribution in [0.5, 0.6) is 0 Å². The van der Waals surface area contributed by atoms with E-state index in [4.69, 9.17) is 11.5 Å². The molecule has 32 heavy (non-hydrogen) atoms. The minimum atomic E-state index is -3.71. The first-order valence-corrected chi connectivity index (χ1v) is 12.3. The number of nitrogens with one attached hydrogen (secondary N) is 3. The van der Waals surface area contributed by atoms with Crippen molar-refractivity contribution in [3.8, 4) is 0 Å². The molecular weight excluding hydrogens is 444 g/mol. The maximum Gasteiger partial charge on any atom is 0.245 e. The SMILES string of the molecule is C[C@H](NC(=O)[C@H](CO)NC(=O)[C@@H](CCCCN)NS(C)(=O)=O)C(=O)N1CCC[C@H]1C(N)=O. The Kier molecular flexibility index (Phi) is 11.0. The zero-order chi connectivity index (χ0) is 24.5. The van der Waals surface area contributed by atoms with Crippen LogP contribution < -0.4 is 26.8 Å². The van der Waals surface area contributed by atoms with Gasteiger partial charge in [0, 0.05) is 6.54 Å². The third-order valence-electron chi connectivity index (χ3n) is 5.03. The van der Waals surface area contributed by atoms with E-state index in [0.717, 1.165) is 6.26 Å². The Balaban J connectivity index is 2.77. The fourth-order valence-electron chi connectivity index (χ4n) is 3.41. The molecule has 8 N–H and O–H groups in total. The predicted octanol–water partition coefficient (Wildman–Crippen LogP) is -3.51. The van der Waals surface area contributed by atoms with Gasteiger partial charge in [-0.3, -0.25) is 19.2 Å². The van der Waals surface area contributed by atoms with Gasteiger partial charge in [-0.15, -0.1) is 0 Å². The lowest BCUT2D eigenvalue weighted by Gasteiger charge is -2.27. The lowest BCUT2D eigenvalue weighted by molar-refractivity contribution is -0.140. The van der Waals surface area contributed by atoms with E-state index in [1.807, 2.05) is 0 Å². The second-order valence-electron chi connectivity index (χ2n) is 7.79. The third kappa shape index (κ3) is 8.68. The number of carbonyl (C=O) groups excluding carboxylic acids is 4. The van der Waals surface area contributed by atoms with E-state index in [1.165, 1.54) is 11.8 Å². The molecule has 0 bridgehead atoms. The lowest BCUT2D eigenvalue weighted by Crippen LogP contribution is -2.58. The molecule has 0 saturated carbocycles. The monoisotopic (exact) mass is 478 g/mol. The number of hydrogen-bond acceptors (Lipinski definition) is 8. The van der Waals surface area contributed by atoms with Gasteiger partial charge >= 0.3 is 0 Å². The Morgan fingerprint density at radius 3 is 2.28 bits per heavy atom. The van der Waals surface area contributed by atoms with E-state index in [1.54, 1.807) is 0 Å². The number of likely N-dealkylation sites (tertiary alicyclic amines) is 1. The number of unbranched alkanes of at least 4 members (excludes halogenated alkanes) is 1. The zero-order valence-corrected chi connectivity index (χ0v) is 19.2. The molecule has 1 aliphatic heterocycles. The molecule has 1 fully saturated rings. The first kappa shape index (κ1) is 27.7. The summed E-state index contributed by atoms with van der Waals surface area (Å²) in [5.74, 6) is -2.78. The van der Waals surface area contributed by atoms with E-state index < -0.39 is 64.4 Å². The van der Waals surface area contributed by atoms with Gasteiger partial charge in [0.15, 0.2) is 0 Å². The molecule has 0 radical (unpaired) electrons.